The second kappa shape index (κ2) is 6.05. The van der Waals surface area contributed by atoms with Gasteiger partial charge in [0.2, 0.25) is 0 Å². The van der Waals surface area contributed by atoms with Gasteiger partial charge in [0.05, 0.1) is 6.10 Å². The van der Waals surface area contributed by atoms with Gasteiger partial charge in [-0.25, -0.2) is 0 Å². The monoisotopic (exact) mass is 237 g/mol. The fourth-order valence-corrected chi connectivity index (χ4v) is 2.33. The van der Waals surface area contributed by atoms with Crippen LogP contribution in [0.25, 0.3) is 0 Å². The van der Waals surface area contributed by atoms with Crippen LogP contribution in [0.1, 0.15) is 25.7 Å². The molecule has 0 aromatic rings. The minimum absolute atomic E-state index is 0.168. The summed E-state index contributed by atoms with van der Waals surface area (Å²) in [6, 6.07) is 0. The predicted octanol–water partition coefficient (Wildman–Crippen LogP) is 1.28. The van der Waals surface area contributed by atoms with E-state index in [1.54, 1.807) is 0 Å². The topological polar surface area (TPSA) is 59.6 Å². The zero-order valence-electron chi connectivity index (χ0n) is 10.4. The van der Waals surface area contributed by atoms with Crippen molar-refractivity contribution in [2.24, 2.45) is 22.6 Å². The Morgan fingerprint density at radius 2 is 2.29 bits per heavy atom. The SMILES string of the molecule is C=C[C@@H]1OCC[C@H]1CNC(N)=NCC1CCC1. The van der Waals surface area contributed by atoms with Crippen LogP contribution in [-0.2, 0) is 4.74 Å². The van der Waals surface area contributed by atoms with E-state index in [1.807, 2.05) is 6.08 Å². The Balaban J connectivity index is 1.67. The maximum atomic E-state index is 5.84. The highest BCUT2D eigenvalue weighted by molar-refractivity contribution is 5.77. The van der Waals surface area contributed by atoms with E-state index in [0.29, 0.717) is 11.9 Å². The van der Waals surface area contributed by atoms with E-state index >= 15 is 0 Å². The molecule has 1 heterocycles. The molecule has 2 fully saturated rings. The molecule has 96 valence electrons. The van der Waals surface area contributed by atoms with Crippen molar-refractivity contribution in [2.75, 3.05) is 19.7 Å². The van der Waals surface area contributed by atoms with Gasteiger partial charge in [-0.05, 0) is 25.2 Å². The Hall–Kier alpha value is -1.03. The molecule has 1 saturated heterocycles. The van der Waals surface area contributed by atoms with Gasteiger partial charge in [0, 0.05) is 25.6 Å². The molecule has 2 rings (SSSR count). The number of hydrogen-bond acceptors (Lipinski definition) is 2. The van der Waals surface area contributed by atoms with Crippen LogP contribution in [0.15, 0.2) is 17.6 Å². The van der Waals surface area contributed by atoms with E-state index in [2.05, 4.69) is 16.9 Å². The van der Waals surface area contributed by atoms with Crippen LogP contribution in [0.4, 0.5) is 0 Å². The first-order chi connectivity index (χ1) is 8.29. The smallest absolute Gasteiger partial charge is 0.188 e. The summed E-state index contributed by atoms with van der Waals surface area (Å²) < 4.78 is 5.53. The molecule has 1 aliphatic carbocycles. The van der Waals surface area contributed by atoms with Crippen LogP contribution < -0.4 is 11.1 Å². The van der Waals surface area contributed by atoms with Gasteiger partial charge in [0.25, 0.3) is 0 Å². The lowest BCUT2D eigenvalue weighted by molar-refractivity contribution is 0.128. The second-order valence-electron chi connectivity index (χ2n) is 5.02. The molecule has 0 unspecified atom stereocenters. The highest BCUT2D eigenvalue weighted by Gasteiger charge is 2.25. The van der Waals surface area contributed by atoms with Gasteiger partial charge in [-0.15, -0.1) is 6.58 Å². The molecule has 0 aromatic heterocycles. The average molecular weight is 237 g/mol. The summed E-state index contributed by atoms with van der Waals surface area (Å²) in [5.74, 6) is 1.82. The number of nitrogens with two attached hydrogens (primary N) is 1. The van der Waals surface area contributed by atoms with Crippen molar-refractivity contribution >= 4 is 5.96 Å². The highest BCUT2D eigenvalue weighted by atomic mass is 16.5. The lowest BCUT2D eigenvalue weighted by atomic mass is 9.86. The number of rotatable bonds is 5. The third kappa shape index (κ3) is 3.46. The minimum Gasteiger partial charge on any atom is -0.374 e. The predicted molar refractivity (Wildman–Crippen MR) is 69.9 cm³/mol. The molecular formula is C13H23N3O. The van der Waals surface area contributed by atoms with E-state index in [9.17, 15) is 0 Å². The Morgan fingerprint density at radius 1 is 1.47 bits per heavy atom. The molecule has 2 atom stereocenters. The zero-order valence-corrected chi connectivity index (χ0v) is 10.4. The number of nitrogens with one attached hydrogen (secondary N) is 1. The summed E-state index contributed by atoms with van der Waals surface area (Å²) >= 11 is 0. The molecule has 3 N–H and O–H groups in total. The van der Waals surface area contributed by atoms with Gasteiger partial charge in [-0.1, -0.05) is 12.5 Å². The van der Waals surface area contributed by atoms with Crippen LogP contribution in [-0.4, -0.2) is 31.8 Å². The largest absolute Gasteiger partial charge is 0.374 e. The van der Waals surface area contributed by atoms with Crippen LogP contribution in [0.2, 0.25) is 0 Å². The molecule has 4 nitrogen and oxygen atoms in total. The first kappa shape index (κ1) is 12.4. The van der Waals surface area contributed by atoms with Crippen molar-refractivity contribution in [3.63, 3.8) is 0 Å². The Kier molecular flexibility index (Phi) is 4.42. The van der Waals surface area contributed by atoms with Crippen LogP contribution in [0.5, 0.6) is 0 Å². The molecule has 1 aliphatic heterocycles. The molecular weight excluding hydrogens is 214 g/mol. The summed E-state index contributed by atoms with van der Waals surface area (Å²) in [6.45, 7) is 6.32. The maximum absolute atomic E-state index is 5.84. The molecule has 0 spiro atoms. The lowest BCUT2D eigenvalue weighted by Gasteiger charge is -2.23. The molecule has 4 heteroatoms. The minimum atomic E-state index is 0.168. The normalized spacial score (nSPS) is 30.0. The van der Waals surface area contributed by atoms with Crippen molar-refractivity contribution in [2.45, 2.75) is 31.8 Å². The number of ether oxygens (including phenoxy) is 1. The van der Waals surface area contributed by atoms with Gasteiger partial charge >= 0.3 is 0 Å². The molecule has 17 heavy (non-hydrogen) atoms. The zero-order chi connectivity index (χ0) is 12.1. The van der Waals surface area contributed by atoms with Gasteiger partial charge in [-0.3, -0.25) is 4.99 Å². The summed E-state index contributed by atoms with van der Waals surface area (Å²) in [4.78, 5) is 4.37. The quantitative estimate of drug-likeness (QED) is 0.430. The third-order valence-electron chi connectivity index (χ3n) is 3.79. The number of aliphatic imine (C=N–C) groups is 1. The third-order valence-corrected chi connectivity index (χ3v) is 3.79. The van der Waals surface area contributed by atoms with Gasteiger partial charge in [0.15, 0.2) is 5.96 Å². The summed E-state index contributed by atoms with van der Waals surface area (Å²) in [5.41, 5.74) is 5.84. The van der Waals surface area contributed by atoms with Gasteiger partial charge < -0.3 is 15.8 Å². The van der Waals surface area contributed by atoms with Crippen molar-refractivity contribution in [3.05, 3.63) is 12.7 Å². The average Bonchev–Trinajstić information content (AvgIpc) is 2.71. The van der Waals surface area contributed by atoms with Crippen molar-refractivity contribution in [1.82, 2.24) is 5.32 Å². The summed E-state index contributed by atoms with van der Waals surface area (Å²) in [5, 5.41) is 3.19. The fourth-order valence-electron chi connectivity index (χ4n) is 2.33. The Bertz CT molecular complexity index is 286. The number of nitrogens with zero attached hydrogens (tertiary/aromatic N) is 1. The standard InChI is InChI=1S/C13H23N3O/c1-2-12-11(6-7-17-12)9-16-13(14)15-8-10-4-3-5-10/h2,10-12H,1,3-9H2,(H3,14,15,16)/t11-,12-/m0/s1. The Morgan fingerprint density at radius 3 is 2.94 bits per heavy atom. The molecule has 0 radical (unpaired) electrons. The molecule has 0 aromatic carbocycles. The first-order valence-corrected chi connectivity index (χ1v) is 6.57. The molecule has 2 aliphatic rings. The Labute approximate surface area is 103 Å². The number of guanidine groups is 1. The fraction of sp³-hybridized carbons (Fsp3) is 0.769. The van der Waals surface area contributed by atoms with Crippen molar-refractivity contribution in [1.29, 1.82) is 0 Å². The first-order valence-electron chi connectivity index (χ1n) is 6.57. The van der Waals surface area contributed by atoms with E-state index < -0.39 is 0 Å². The summed E-state index contributed by atoms with van der Waals surface area (Å²) in [7, 11) is 0. The van der Waals surface area contributed by atoms with Crippen LogP contribution in [0, 0.1) is 11.8 Å². The van der Waals surface area contributed by atoms with E-state index in [4.69, 9.17) is 10.5 Å². The second-order valence-corrected chi connectivity index (χ2v) is 5.02. The lowest BCUT2D eigenvalue weighted by Crippen LogP contribution is -2.37. The van der Waals surface area contributed by atoms with Crippen molar-refractivity contribution < 1.29 is 4.74 Å². The summed E-state index contributed by atoms with van der Waals surface area (Å²) in [6.07, 6.45) is 7.09. The van der Waals surface area contributed by atoms with Gasteiger partial charge in [-0.2, -0.15) is 0 Å². The molecule has 0 bridgehead atoms. The number of hydrogen-bond donors (Lipinski definition) is 2. The van der Waals surface area contributed by atoms with Gasteiger partial charge in [0.1, 0.15) is 0 Å². The highest BCUT2D eigenvalue weighted by Crippen LogP contribution is 2.26. The van der Waals surface area contributed by atoms with E-state index in [-0.39, 0.29) is 6.10 Å². The molecule has 0 amide bonds. The van der Waals surface area contributed by atoms with Crippen molar-refractivity contribution in [3.8, 4) is 0 Å². The molecule has 1 saturated carbocycles. The maximum Gasteiger partial charge on any atom is 0.188 e. The van der Waals surface area contributed by atoms with Crippen LogP contribution in [0.3, 0.4) is 0 Å². The van der Waals surface area contributed by atoms with E-state index in [1.165, 1.54) is 19.3 Å². The van der Waals surface area contributed by atoms with Crippen LogP contribution >= 0.6 is 0 Å². The van der Waals surface area contributed by atoms with E-state index in [0.717, 1.165) is 32.0 Å².